The van der Waals surface area contributed by atoms with Crippen molar-refractivity contribution in [1.82, 2.24) is 10.6 Å². The molecule has 0 saturated carbocycles. The summed E-state index contributed by atoms with van der Waals surface area (Å²) in [7, 11) is 3.43. The van der Waals surface area contributed by atoms with Crippen molar-refractivity contribution in [2.24, 2.45) is 0 Å². The molecule has 0 heterocycles. The van der Waals surface area contributed by atoms with Crippen molar-refractivity contribution in [3.8, 4) is 5.75 Å². The molecule has 0 fully saturated rings. The van der Waals surface area contributed by atoms with E-state index in [1.54, 1.807) is 14.2 Å². The van der Waals surface area contributed by atoms with E-state index in [0.717, 1.165) is 51.4 Å². The lowest BCUT2D eigenvalue weighted by Crippen LogP contribution is -2.25. The van der Waals surface area contributed by atoms with Crippen LogP contribution in [0.2, 0.25) is 0 Å². The van der Waals surface area contributed by atoms with Crippen LogP contribution in [0.3, 0.4) is 0 Å². The van der Waals surface area contributed by atoms with Gasteiger partial charge in [0.1, 0.15) is 5.75 Å². The Morgan fingerprint density at radius 2 is 1.50 bits per heavy atom. The lowest BCUT2D eigenvalue weighted by molar-refractivity contribution is 0.199. The molecule has 0 aliphatic rings. The summed E-state index contributed by atoms with van der Waals surface area (Å²) in [5.74, 6) is 0.924. The molecular formula is C16H28N2O2. The first kappa shape index (κ1) is 17.0. The molecule has 0 spiro atoms. The van der Waals surface area contributed by atoms with Crippen LogP contribution in [0.5, 0.6) is 5.75 Å². The van der Waals surface area contributed by atoms with Crippen LogP contribution in [0, 0.1) is 0 Å². The van der Waals surface area contributed by atoms with Gasteiger partial charge in [-0.15, -0.1) is 0 Å². The molecule has 1 aromatic rings. The Bertz CT molecular complexity index is 328. The van der Waals surface area contributed by atoms with Gasteiger partial charge >= 0.3 is 0 Å². The topological polar surface area (TPSA) is 42.5 Å². The van der Waals surface area contributed by atoms with Gasteiger partial charge in [-0.2, -0.15) is 0 Å². The molecule has 0 saturated heterocycles. The summed E-state index contributed by atoms with van der Waals surface area (Å²) in [4.78, 5) is 0. The standard InChI is InChI=1S/C16H28N2O2/c1-19-14-13-18-12-4-11-17-10-3-5-15-6-8-16(20-2)9-7-15/h6-9,17-18H,3-5,10-14H2,1-2H3. The largest absolute Gasteiger partial charge is 0.497 e. The third-order valence-electron chi connectivity index (χ3n) is 3.17. The summed E-state index contributed by atoms with van der Waals surface area (Å²) in [6.07, 6.45) is 3.44. The normalized spacial score (nSPS) is 10.7. The SMILES string of the molecule is COCCNCCCNCCCc1ccc(OC)cc1. The van der Waals surface area contributed by atoms with Crippen molar-refractivity contribution < 1.29 is 9.47 Å². The quantitative estimate of drug-likeness (QED) is 0.573. The summed E-state index contributed by atoms with van der Waals surface area (Å²) in [5, 5.41) is 6.81. The number of methoxy groups -OCH3 is 2. The first-order valence-corrected chi connectivity index (χ1v) is 7.40. The molecule has 1 rings (SSSR count). The minimum atomic E-state index is 0.787. The molecule has 114 valence electrons. The highest BCUT2D eigenvalue weighted by molar-refractivity contribution is 5.27. The number of aryl methyl sites for hydroxylation is 1. The number of hydrogen-bond donors (Lipinski definition) is 2. The lowest BCUT2D eigenvalue weighted by atomic mass is 10.1. The number of nitrogens with one attached hydrogen (secondary N) is 2. The molecule has 4 nitrogen and oxygen atoms in total. The Labute approximate surface area is 122 Å². The molecule has 0 radical (unpaired) electrons. The Morgan fingerprint density at radius 1 is 0.850 bits per heavy atom. The van der Waals surface area contributed by atoms with E-state index in [2.05, 4.69) is 22.8 Å². The van der Waals surface area contributed by atoms with Crippen LogP contribution in [-0.4, -0.2) is 47.0 Å². The summed E-state index contributed by atoms with van der Waals surface area (Å²) in [6.45, 7) is 4.92. The van der Waals surface area contributed by atoms with E-state index in [4.69, 9.17) is 9.47 Å². The van der Waals surface area contributed by atoms with E-state index in [1.807, 2.05) is 12.1 Å². The van der Waals surface area contributed by atoms with E-state index >= 15 is 0 Å². The second-order valence-corrected chi connectivity index (χ2v) is 4.80. The zero-order valence-electron chi connectivity index (χ0n) is 12.8. The minimum Gasteiger partial charge on any atom is -0.497 e. The Balaban J connectivity index is 1.91. The van der Waals surface area contributed by atoms with Gasteiger partial charge in [-0.25, -0.2) is 0 Å². The average Bonchev–Trinajstić information content (AvgIpc) is 2.50. The van der Waals surface area contributed by atoms with E-state index in [-0.39, 0.29) is 0 Å². The maximum Gasteiger partial charge on any atom is 0.118 e. The fraction of sp³-hybridized carbons (Fsp3) is 0.625. The highest BCUT2D eigenvalue weighted by Crippen LogP contribution is 2.12. The van der Waals surface area contributed by atoms with Gasteiger partial charge in [0.2, 0.25) is 0 Å². The van der Waals surface area contributed by atoms with Gasteiger partial charge in [0.05, 0.1) is 13.7 Å². The van der Waals surface area contributed by atoms with Crippen molar-refractivity contribution in [2.75, 3.05) is 47.0 Å². The second-order valence-electron chi connectivity index (χ2n) is 4.80. The molecule has 20 heavy (non-hydrogen) atoms. The minimum absolute atomic E-state index is 0.787. The molecule has 0 amide bonds. The molecule has 0 aliphatic heterocycles. The third kappa shape index (κ3) is 8.15. The Kier molecular flexibility index (Phi) is 9.92. The Morgan fingerprint density at radius 3 is 2.15 bits per heavy atom. The number of ether oxygens (including phenoxy) is 2. The van der Waals surface area contributed by atoms with Crippen molar-refractivity contribution in [3.63, 3.8) is 0 Å². The second kappa shape index (κ2) is 11.7. The summed E-state index contributed by atoms with van der Waals surface area (Å²) in [6, 6.07) is 8.32. The smallest absolute Gasteiger partial charge is 0.118 e. The van der Waals surface area contributed by atoms with Crippen molar-refractivity contribution in [3.05, 3.63) is 29.8 Å². The summed E-state index contributed by atoms with van der Waals surface area (Å²) >= 11 is 0. The highest BCUT2D eigenvalue weighted by Gasteiger charge is 1.95. The fourth-order valence-corrected chi connectivity index (χ4v) is 1.97. The molecule has 1 aromatic carbocycles. The van der Waals surface area contributed by atoms with E-state index in [0.29, 0.717) is 0 Å². The summed E-state index contributed by atoms with van der Waals surface area (Å²) < 4.78 is 10.1. The molecule has 0 unspecified atom stereocenters. The molecule has 4 heteroatoms. The van der Waals surface area contributed by atoms with Gasteiger partial charge < -0.3 is 20.1 Å². The zero-order chi connectivity index (χ0) is 14.5. The maximum absolute atomic E-state index is 5.15. The Hall–Kier alpha value is -1.10. The van der Waals surface area contributed by atoms with Crippen LogP contribution in [0.4, 0.5) is 0 Å². The van der Waals surface area contributed by atoms with Crippen LogP contribution in [0.25, 0.3) is 0 Å². The number of rotatable bonds is 12. The lowest BCUT2D eigenvalue weighted by Gasteiger charge is -2.06. The predicted octanol–water partition coefficient (Wildman–Crippen LogP) is 1.84. The van der Waals surface area contributed by atoms with E-state index in [9.17, 15) is 0 Å². The van der Waals surface area contributed by atoms with Crippen LogP contribution >= 0.6 is 0 Å². The highest BCUT2D eigenvalue weighted by atomic mass is 16.5. The van der Waals surface area contributed by atoms with Gasteiger partial charge in [-0.3, -0.25) is 0 Å². The first-order valence-electron chi connectivity index (χ1n) is 7.40. The van der Waals surface area contributed by atoms with Crippen LogP contribution in [0.15, 0.2) is 24.3 Å². The third-order valence-corrected chi connectivity index (χ3v) is 3.17. The molecule has 0 aromatic heterocycles. The number of hydrogen-bond acceptors (Lipinski definition) is 4. The van der Waals surface area contributed by atoms with Gasteiger partial charge in [-0.1, -0.05) is 12.1 Å². The van der Waals surface area contributed by atoms with E-state index in [1.165, 1.54) is 12.0 Å². The van der Waals surface area contributed by atoms with Crippen LogP contribution in [0.1, 0.15) is 18.4 Å². The zero-order valence-corrected chi connectivity index (χ0v) is 12.8. The van der Waals surface area contributed by atoms with Crippen LogP contribution in [-0.2, 0) is 11.2 Å². The average molecular weight is 280 g/mol. The van der Waals surface area contributed by atoms with Crippen molar-refractivity contribution in [1.29, 1.82) is 0 Å². The molecule has 0 bridgehead atoms. The fourth-order valence-electron chi connectivity index (χ4n) is 1.97. The van der Waals surface area contributed by atoms with Crippen molar-refractivity contribution >= 4 is 0 Å². The first-order chi connectivity index (χ1) is 9.86. The van der Waals surface area contributed by atoms with Gasteiger partial charge in [0.15, 0.2) is 0 Å². The molecule has 2 N–H and O–H groups in total. The molecular weight excluding hydrogens is 252 g/mol. The molecule has 0 aliphatic carbocycles. The van der Waals surface area contributed by atoms with Gasteiger partial charge in [0.25, 0.3) is 0 Å². The maximum atomic E-state index is 5.15. The van der Waals surface area contributed by atoms with Crippen molar-refractivity contribution in [2.45, 2.75) is 19.3 Å². The van der Waals surface area contributed by atoms with Crippen LogP contribution < -0.4 is 15.4 Å². The molecule has 0 atom stereocenters. The van der Waals surface area contributed by atoms with Gasteiger partial charge in [0, 0.05) is 13.7 Å². The monoisotopic (exact) mass is 280 g/mol. The van der Waals surface area contributed by atoms with E-state index < -0.39 is 0 Å². The summed E-state index contributed by atoms with van der Waals surface area (Å²) in [5.41, 5.74) is 1.37. The van der Waals surface area contributed by atoms with Gasteiger partial charge in [-0.05, 0) is 56.6 Å². The predicted molar refractivity (Wildman–Crippen MR) is 83.5 cm³/mol. The number of benzene rings is 1.